The van der Waals surface area contributed by atoms with Gasteiger partial charge in [0, 0.05) is 11.6 Å². The molecule has 3 aromatic heterocycles. The van der Waals surface area contributed by atoms with Crippen LogP contribution < -0.4 is 11.5 Å². The SMILES string of the molecule is Cl.Nc1cnc(-c2cc(-c3ncco3)n(Cc3ccccc3F)n2)nc1N. The molecule has 8 nitrogen and oxygen atoms in total. The Kier molecular flexibility index (Phi) is 5.04. The first-order valence-electron chi connectivity index (χ1n) is 7.71. The summed E-state index contributed by atoms with van der Waals surface area (Å²) in [6.45, 7) is 0.189. The van der Waals surface area contributed by atoms with E-state index >= 15 is 0 Å². The van der Waals surface area contributed by atoms with Gasteiger partial charge in [-0.05, 0) is 6.07 Å². The van der Waals surface area contributed by atoms with Gasteiger partial charge in [0.1, 0.15) is 23.5 Å². The zero-order valence-electron chi connectivity index (χ0n) is 13.9. The zero-order valence-corrected chi connectivity index (χ0v) is 14.7. The number of oxazole rings is 1. The first-order chi connectivity index (χ1) is 12.6. The molecule has 3 heterocycles. The van der Waals surface area contributed by atoms with E-state index < -0.39 is 0 Å². The first kappa shape index (κ1) is 18.3. The summed E-state index contributed by atoms with van der Waals surface area (Å²) >= 11 is 0. The highest BCUT2D eigenvalue weighted by atomic mass is 35.5. The monoisotopic (exact) mass is 387 g/mol. The summed E-state index contributed by atoms with van der Waals surface area (Å²) in [5, 5.41) is 4.47. The van der Waals surface area contributed by atoms with Crippen LogP contribution in [0.3, 0.4) is 0 Å². The fourth-order valence-electron chi connectivity index (χ4n) is 2.48. The lowest BCUT2D eigenvalue weighted by Gasteiger charge is -2.06. The van der Waals surface area contributed by atoms with Gasteiger partial charge in [0.15, 0.2) is 11.6 Å². The lowest BCUT2D eigenvalue weighted by Crippen LogP contribution is -2.06. The first-order valence-corrected chi connectivity index (χ1v) is 7.71. The normalized spacial score (nSPS) is 10.6. The lowest BCUT2D eigenvalue weighted by molar-refractivity contribution is 0.553. The predicted octanol–water partition coefficient (Wildman–Crippen LogP) is 2.77. The van der Waals surface area contributed by atoms with Gasteiger partial charge >= 0.3 is 0 Å². The van der Waals surface area contributed by atoms with Gasteiger partial charge in [-0.1, -0.05) is 18.2 Å². The van der Waals surface area contributed by atoms with E-state index in [1.807, 2.05) is 0 Å². The van der Waals surface area contributed by atoms with Crippen LogP contribution in [0.25, 0.3) is 23.1 Å². The van der Waals surface area contributed by atoms with Crippen molar-refractivity contribution in [2.75, 3.05) is 11.5 Å². The summed E-state index contributed by atoms with van der Waals surface area (Å²) in [6, 6.07) is 8.19. The van der Waals surface area contributed by atoms with Gasteiger partial charge < -0.3 is 15.9 Å². The molecule has 0 bridgehead atoms. The maximum atomic E-state index is 14.0. The second kappa shape index (κ2) is 7.42. The molecule has 27 heavy (non-hydrogen) atoms. The van der Waals surface area contributed by atoms with Gasteiger partial charge in [0.2, 0.25) is 5.89 Å². The number of nitrogen functional groups attached to an aromatic ring is 2. The second-order valence-corrected chi connectivity index (χ2v) is 5.54. The highest BCUT2D eigenvalue weighted by molar-refractivity contribution is 5.85. The van der Waals surface area contributed by atoms with Gasteiger partial charge in [-0.15, -0.1) is 12.4 Å². The van der Waals surface area contributed by atoms with E-state index in [1.165, 1.54) is 24.7 Å². The molecule has 0 radical (unpaired) electrons. The van der Waals surface area contributed by atoms with Crippen molar-refractivity contribution in [3.8, 4) is 23.1 Å². The minimum absolute atomic E-state index is 0. The van der Waals surface area contributed by atoms with Crippen LogP contribution in [0.15, 0.2) is 53.4 Å². The molecule has 4 N–H and O–H groups in total. The van der Waals surface area contributed by atoms with E-state index in [4.69, 9.17) is 15.9 Å². The standard InChI is InChI=1S/C17H14FN7O.ClH/c18-11-4-2-1-3-10(11)9-25-14(17-21-5-6-26-17)7-13(24-25)16-22-8-12(19)15(20)23-16;/h1-8H,9,19H2,(H2,20,22,23);1H. The van der Waals surface area contributed by atoms with Crippen LogP contribution in [-0.2, 0) is 6.54 Å². The van der Waals surface area contributed by atoms with Crippen LogP contribution in [0.2, 0.25) is 0 Å². The number of hydrogen-bond acceptors (Lipinski definition) is 7. The van der Waals surface area contributed by atoms with Crippen molar-refractivity contribution in [3.05, 3.63) is 60.4 Å². The van der Waals surface area contributed by atoms with Crippen LogP contribution in [0.5, 0.6) is 0 Å². The third kappa shape index (κ3) is 3.58. The third-order valence-corrected chi connectivity index (χ3v) is 3.79. The number of nitrogens with zero attached hydrogens (tertiary/aromatic N) is 5. The molecule has 0 atom stereocenters. The van der Waals surface area contributed by atoms with E-state index in [2.05, 4.69) is 20.1 Å². The summed E-state index contributed by atoms with van der Waals surface area (Å²) in [5.74, 6) is 0.493. The summed E-state index contributed by atoms with van der Waals surface area (Å²) < 4.78 is 21.0. The molecule has 0 amide bonds. The Hall–Kier alpha value is -3.46. The molecule has 4 aromatic rings. The van der Waals surface area contributed by atoms with E-state index in [0.29, 0.717) is 28.7 Å². The van der Waals surface area contributed by atoms with Crippen molar-refractivity contribution < 1.29 is 8.81 Å². The molecular formula is C17H15ClFN7O. The summed E-state index contributed by atoms with van der Waals surface area (Å²) in [4.78, 5) is 12.4. The maximum absolute atomic E-state index is 14.0. The number of benzene rings is 1. The molecule has 0 fully saturated rings. The number of nitrogens with two attached hydrogens (primary N) is 2. The molecule has 0 saturated carbocycles. The van der Waals surface area contributed by atoms with Gasteiger partial charge in [0.05, 0.1) is 24.6 Å². The highest BCUT2D eigenvalue weighted by Crippen LogP contribution is 2.25. The minimum Gasteiger partial charge on any atom is -0.443 e. The Morgan fingerprint density at radius 3 is 2.67 bits per heavy atom. The van der Waals surface area contributed by atoms with Crippen molar-refractivity contribution in [1.29, 1.82) is 0 Å². The van der Waals surface area contributed by atoms with Crippen LogP contribution in [0, 0.1) is 5.82 Å². The number of aromatic nitrogens is 5. The Bertz CT molecular complexity index is 1070. The van der Waals surface area contributed by atoms with Gasteiger partial charge in [-0.25, -0.2) is 19.3 Å². The zero-order chi connectivity index (χ0) is 18.1. The molecular weight excluding hydrogens is 373 g/mol. The van der Waals surface area contributed by atoms with Crippen molar-refractivity contribution in [1.82, 2.24) is 24.7 Å². The van der Waals surface area contributed by atoms with Crippen molar-refractivity contribution in [2.45, 2.75) is 6.54 Å². The molecule has 0 saturated heterocycles. The largest absolute Gasteiger partial charge is 0.443 e. The molecule has 0 aliphatic heterocycles. The van der Waals surface area contributed by atoms with Gasteiger partial charge in [-0.2, -0.15) is 5.10 Å². The maximum Gasteiger partial charge on any atom is 0.244 e. The lowest BCUT2D eigenvalue weighted by atomic mass is 10.2. The Labute approximate surface area is 159 Å². The van der Waals surface area contributed by atoms with E-state index in [-0.39, 0.29) is 36.3 Å². The Morgan fingerprint density at radius 1 is 1.15 bits per heavy atom. The summed E-state index contributed by atoms with van der Waals surface area (Å²) in [7, 11) is 0. The van der Waals surface area contributed by atoms with E-state index in [0.717, 1.165) is 0 Å². The summed E-state index contributed by atoms with van der Waals surface area (Å²) in [6.07, 6.45) is 4.39. The van der Waals surface area contributed by atoms with Crippen LogP contribution in [-0.4, -0.2) is 24.7 Å². The van der Waals surface area contributed by atoms with Crippen LogP contribution in [0.1, 0.15) is 5.56 Å². The van der Waals surface area contributed by atoms with E-state index in [9.17, 15) is 4.39 Å². The Morgan fingerprint density at radius 2 is 1.96 bits per heavy atom. The molecule has 138 valence electrons. The minimum atomic E-state index is -0.323. The fraction of sp³-hybridized carbons (Fsp3) is 0.0588. The molecule has 0 unspecified atom stereocenters. The predicted molar refractivity (Wildman–Crippen MR) is 100 cm³/mol. The number of halogens is 2. The van der Waals surface area contributed by atoms with Crippen molar-refractivity contribution in [2.24, 2.45) is 0 Å². The number of rotatable bonds is 4. The molecule has 4 rings (SSSR count). The smallest absolute Gasteiger partial charge is 0.244 e. The van der Waals surface area contributed by atoms with Crippen LogP contribution in [0.4, 0.5) is 15.9 Å². The number of hydrogen-bond donors (Lipinski definition) is 2. The third-order valence-electron chi connectivity index (χ3n) is 3.79. The quantitative estimate of drug-likeness (QED) is 0.552. The molecule has 10 heteroatoms. The van der Waals surface area contributed by atoms with Gasteiger partial charge in [0.25, 0.3) is 0 Å². The molecule has 0 aliphatic rings. The van der Waals surface area contributed by atoms with Crippen molar-refractivity contribution >= 4 is 23.9 Å². The highest BCUT2D eigenvalue weighted by Gasteiger charge is 2.18. The second-order valence-electron chi connectivity index (χ2n) is 5.54. The molecule has 1 aromatic carbocycles. The Balaban J connectivity index is 0.00000210. The number of anilines is 2. The summed E-state index contributed by atoms with van der Waals surface area (Å²) in [5.41, 5.74) is 13.2. The van der Waals surface area contributed by atoms with Gasteiger partial charge in [-0.3, -0.25) is 4.68 Å². The average Bonchev–Trinajstić information content (AvgIpc) is 3.29. The molecule has 0 aliphatic carbocycles. The average molecular weight is 388 g/mol. The van der Waals surface area contributed by atoms with E-state index in [1.54, 1.807) is 28.9 Å². The molecule has 0 spiro atoms. The topological polar surface area (TPSA) is 122 Å². The van der Waals surface area contributed by atoms with Crippen molar-refractivity contribution in [3.63, 3.8) is 0 Å². The fourth-order valence-corrected chi connectivity index (χ4v) is 2.48. The van der Waals surface area contributed by atoms with Crippen LogP contribution >= 0.6 is 12.4 Å².